The molecule has 1 atom stereocenters. The van der Waals surface area contributed by atoms with Gasteiger partial charge in [-0.25, -0.2) is 0 Å². The van der Waals surface area contributed by atoms with Crippen LogP contribution in [0, 0.1) is 5.92 Å². The third-order valence-electron chi connectivity index (χ3n) is 3.54. The molecule has 1 aromatic rings. The lowest BCUT2D eigenvalue weighted by molar-refractivity contribution is 0.403. The molecule has 1 rings (SSSR count). The van der Waals surface area contributed by atoms with Gasteiger partial charge < -0.3 is 5.32 Å². The van der Waals surface area contributed by atoms with Crippen molar-refractivity contribution in [1.82, 2.24) is 5.32 Å². The van der Waals surface area contributed by atoms with E-state index in [-0.39, 0.29) is 0 Å². The monoisotopic (exact) mass is 297 g/mol. The fraction of sp³-hybridized carbons (Fsp3) is 0.600. The highest BCUT2D eigenvalue weighted by Crippen LogP contribution is 2.28. The van der Waals surface area contributed by atoms with Crippen molar-refractivity contribution in [1.29, 1.82) is 0 Å². The van der Waals surface area contributed by atoms with Crippen LogP contribution in [0.1, 0.15) is 44.6 Å². The summed E-state index contributed by atoms with van der Waals surface area (Å²) < 4.78 is 1.18. The average Bonchev–Trinajstić information content (AvgIpc) is 2.34. The van der Waals surface area contributed by atoms with Gasteiger partial charge in [0.15, 0.2) is 0 Å². The normalized spacial score (nSPS) is 13.0. The first kappa shape index (κ1) is 14.7. The molecule has 0 aliphatic rings. The molecule has 0 bridgehead atoms. The molecule has 0 fully saturated rings. The van der Waals surface area contributed by atoms with Crippen molar-refractivity contribution in [3.8, 4) is 0 Å². The summed E-state index contributed by atoms with van der Waals surface area (Å²) in [6.07, 6.45) is 3.85. The molecule has 0 aromatic heterocycles. The van der Waals surface area contributed by atoms with Gasteiger partial charge in [-0.15, -0.1) is 0 Å². The Kier molecular flexibility index (Phi) is 6.83. The summed E-state index contributed by atoms with van der Waals surface area (Å²) in [6, 6.07) is 8.73. The topological polar surface area (TPSA) is 12.0 Å². The molecule has 17 heavy (non-hydrogen) atoms. The molecule has 0 aliphatic carbocycles. The number of likely N-dealkylation sites (N-methyl/N-ethyl adjacent to an activating group) is 1. The summed E-state index contributed by atoms with van der Waals surface area (Å²) in [6.45, 7) is 5.66. The Hall–Kier alpha value is -0.340. The van der Waals surface area contributed by atoms with E-state index in [2.05, 4.69) is 59.4 Å². The average molecular weight is 298 g/mol. The number of rotatable bonds is 7. The van der Waals surface area contributed by atoms with Gasteiger partial charge >= 0.3 is 0 Å². The molecule has 0 aliphatic heterocycles. The second kappa shape index (κ2) is 7.88. The molecule has 96 valence electrons. The molecule has 0 amide bonds. The van der Waals surface area contributed by atoms with Crippen molar-refractivity contribution in [2.75, 3.05) is 13.6 Å². The van der Waals surface area contributed by atoms with E-state index in [1.165, 1.54) is 29.3 Å². The van der Waals surface area contributed by atoms with E-state index >= 15 is 0 Å². The van der Waals surface area contributed by atoms with Gasteiger partial charge in [-0.1, -0.05) is 54.8 Å². The largest absolute Gasteiger partial charge is 0.319 e. The van der Waals surface area contributed by atoms with E-state index in [0.717, 1.165) is 12.5 Å². The van der Waals surface area contributed by atoms with Crippen LogP contribution in [0.4, 0.5) is 0 Å². The Balaban J connectivity index is 2.77. The lowest BCUT2D eigenvalue weighted by atomic mass is 9.86. The number of halogens is 1. The van der Waals surface area contributed by atoms with Gasteiger partial charge in [0.1, 0.15) is 0 Å². The first-order valence-corrected chi connectivity index (χ1v) is 7.40. The fourth-order valence-corrected chi connectivity index (χ4v) is 2.79. The van der Waals surface area contributed by atoms with Crippen molar-refractivity contribution in [3.63, 3.8) is 0 Å². The molecule has 0 spiro atoms. The molecule has 0 heterocycles. The van der Waals surface area contributed by atoms with Gasteiger partial charge in [0.25, 0.3) is 0 Å². The van der Waals surface area contributed by atoms with Gasteiger partial charge in [-0.3, -0.25) is 0 Å². The third kappa shape index (κ3) is 4.81. The number of hydrogen-bond donors (Lipinski definition) is 1. The molecule has 1 aromatic carbocycles. The van der Waals surface area contributed by atoms with Crippen LogP contribution < -0.4 is 5.32 Å². The molecule has 0 radical (unpaired) electrons. The van der Waals surface area contributed by atoms with Crippen LogP contribution in [0.15, 0.2) is 28.7 Å². The van der Waals surface area contributed by atoms with Crippen molar-refractivity contribution >= 4 is 15.9 Å². The predicted molar refractivity (Wildman–Crippen MR) is 79.5 cm³/mol. The molecule has 1 unspecified atom stereocenters. The molecule has 1 N–H and O–H groups in total. The Morgan fingerprint density at radius 3 is 2.47 bits per heavy atom. The van der Waals surface area contributed by atoms with E-state index < -0.39 is 0 Å². The number of hydrogen-bond acceptors (Lipinski definition) is 1. The van der Waals surface area contributed by atoms with Crippen LogP contribution in [-0.4, -0.2) is 13.6 Å². The summed E-state index contributed by atoms with van der Waals surface area (Å²) in [5.74, 6) is 1.47. The zero-order chi connectivity index (χ0) is 12.7. The molecule has 0 saturated heterocycles. The maximum atomic E-state index is 3.56. The maximum absolute atomic E-state index is 3.56. The lowest BCUT2D eigenvalue weighted by Crippen LogP contribution is -2.19. The van der Waals surface area contributed by atoms with Crippen LogP contribution in [0.5, 0.6) is 0 Å². The van der Waals surface area contributed by atoms with Crippen molar-refractivity contribution in [2.24, 2.45) is 5.92 Å². The minimum Gasteiger partial charge on any atom is -0.319 e. The summed E-state index contributed by atoms with van der Waals surface area (Å²) in [5.41, 5.74) is 1.45. The van der Waals surface area contributed by atoms with Crippen LogP contribution in [-0.2, 0) is 0 Å². The van der Waals surface area contributed by atoms with Gasteiger partial charge in [0.05, 0.1) is 0 Å². The van der Waals surface area contributed by atoms with Crippen molar-refractivity contribution in [2.45, 2.75) is 39.0 Å². The van der Waals surface area contributed by atoms with Gasteiger partial charge in [0.2, 0.25) is 0 Å². The lowest BCUT2D eigenvalue weighted by Gasteiger charge is -2.22. The first-order chi connectivity index (χ1) is 8.21. The SMILES string of the molecule is CCC(CC)CC(CNC)c1cccc(Br)c1. The standard InChI is InChI=1S/C15H24BrN/c1-4-12(5-2)9-14(11-17-3)13-7-6-8-15(16)10-13/h6-8,10,12,14,17H,4-5,9,11H2,1-3H3. The Morgan fingerprint density at radius 2 is 1.94 bits per heavy atom. The smallest absolute Gasteiger partial charge is 0.0178 e. The summed E-state index contributed by atoms with van der Waals surface area (Å²) >= 11 is 3.56. The minimum atomic E-state index is 0.627. The third-order valence-corrected chi connectivity index (χ3v) is 4.04. The van der Waals surface area contributed by atoms with Crippen molar-refractivity contribution < 1.29 is 0 Å². The second-order valence-corrected chi connectivity index (χ2v) is 5.64. The van der Waals surface area contributed by atoms with Gasteiger partial charge in [0, 0.05) is 11.0 Å². The van der Waals surface area contributed by atoms with Gasteiger partial charge in [-0.2, -0.15) is 0 Å². The van der Waals surface area contributed by atoms with E-state index in [1.54, 1.807) is 0 Å². The van der Waals surface area contributed by atoms with Crippen LogP contribution >= 0.6 is 15.9 Å². The van der Waals surface area contributed by atoms with Crippen LogP contribution in [0.2, 0.25) is 0 Å². The first-order valence-electron chi connectivity index (χ1n) is 6.61. The van der Waals surface area contributed by atoms with Crippen LogP contribution in [0.25, 0.3) is 0 Å². The molecule has 1 nitrogen and oxygen atoms in total. The second-order valence-electron chi connectivity index (χ2n) is 4.73. The summed E-state index contributed by atoms with van der Waals surface area (Å²) in [5, 5.41) is 3.32. The van der Waals surface area contributed by atoms with E-state index in [4.69, 9.17) is 0 Å². The number of benzene rings is 1. The van der Waals surface area contributed by atoms with E-state index in [1.807, 2.05) is 7.05 Å². The Morgan fingerprint density at radius 1 is 1.24 bits per heavy atom. The highest BCUT2D eigenvalue weighted by Gasteiger charge is 2.15. The maximum Gasteiger partial charge on any atom is 0.0178 e. The highest BCUT2D eigenvalue weighted by molar-refractivity contribution is 9.10. The highest BCUT2D eigenvalue weighted by atomic mass is 79.9. The Bertz CT molecular complexity index is 320. The summed E-state index contributed by atoms with van der Waals surface area (Å²) in [7, 11) is 2.04. The van der Waals surface area contributed by atoms with Gasteiger partial charge in [-0.05, 0) is 43.0 Å². The minimum absolute atomic E-state index is 0.627. The number of nitrogens with one attached hydrogen (secondary N) is 1. The fourth-order valence-electron chi connectivity index (χ4n) is 2.37. The molecule has 2 heteroatoms. The molecular weight excluding hydrogens is 274 g/mol. The van der Waals surface area contributed by atoms with Crippen molar-refractivity contribution in [3.05, 3.63) is 34.3 Å². The predicted octanol–water partition coefficient (Wildman–Crippen LogP) is 4.58. The van der Waals surface area contributed by atoms with E-state index in [9.17, 15) is 0 Å². The van der Waals surface area contributed by atoms with Crippen LogP contribution in [0.3, 0.4) is 0 Å². The zero-order valence-electron chi connectivity index (χ0n) is 11.2. The molecule has 0 saturated carbocycles. The quantitative estimate of drug-likeness (QED) is 0.777. The van der Waals surface area contributed by atoms with E-state index in [0.29, 0.717) is 5.92 Å². The molecular formula is C15H24BrN. The Labute approximate surface area is 114 Å². The summed E-state index contributed by atoms with van der Waals surface area (Å²) in [4.78, 5) is 0. The zero-order valence-corrected chi connectivity index (χ0v) is 12.8.